The highest BCUT2D eigenvalue weighted by Crippen LogP contribution is 2.13. The molecular weight excluding hydrogens is 278 g/mol. The maximum atomic E-state index is 11.9. The van der Waals surface area contributed by atoms with Gasteiger partial charge in [-0.05, 0) is 23.6 Å². The van der Waals surface area contributed by atoms with Gasteiger partial charge in [-0.25, -0.2) is 4.79 Å². The number of amides is 1. The Morgan fingerprint density at radius 3 is 2.36 bits per heavy atom. The Morgan fingerprint density at radius 1 is 1.18 bits per heavy atom. The number of ether oxygens (including phenoxy) is 1. The van der Waals surface area contributed by atoms with Crippen LogP contribution < -0.4 is 5.32 Å². The largest absolute Gasteiger partial charge is 0.449 e. The molecule has 0 radical (unpaired) electrons. The summed E-state index contributed by atoms with van der Waals surface area (Å²) >= 11 is 0. The molecule has 1 amide bonds. The third kappa shape index (κ3) is 4.91. The van der Waals surface area contributed by atoms with Gasteiger partial charge in [0.1, 0.15) is 0 Å². The molecule has 22 heavy (non-hydrogen) atoms. The maximum absolute atomic E-state index is 11.9. The van der Waals surface area contributed by atoms with Crippen LogP contribution in [-0.2, 0) is 11.3 Å². The van der Waals surface area contributed by atoms with Gasteiger partial charge in [-0.3, -0.25) is 4.90 Å². The molecule has 0 unspecified atom stereocenters. The number of hydrogen-bond donors (Lipinski definition) is 1. The van der Waals surface area contributed by atoms with Crippen molar-refractivity contribution in [3.05, 3.63) is 29.8 Å². The Hall–Kier alpha value is -1.75. The first-order chi connectivity index (χ1) is 10.6. The van der Waals surface area contributed by atoms with Gasteiger partial charge < -0.3 is 15.0 Å². The van der Waals surface area contributed by atoms with E-state index in [-0.39, 0.29) is 6.09 Å². The van der Waals surface area contributed by atoms with E-state index in [0.29, 0.717) is 12.5 Å². The fourth-order valence-electron chi connectivity index (χ4n) is 2.45. The van der Waals surface area contributed by atoms with E-state index < -0.39 is 0 Å². The summed E-state index contributed by atoms with van der Waals surface area (Å²) in [6.07, 6.45) is -0.174. The van der Waals surface area contributed by atoms with E-state index in [0.717, 1.165) is 38.4 Å². The molecule has 5 heteroatoms. The van der Waals surface area contributed by atoms with Gasteiger partial charge in [0, 0.05) is 45.5 Å². The molecular formula is C17H27N3O2. The quantitative estimate of drug-likeness (QED) is 0.908. The number of carbonyl (C=O) groups excluding carboxylic acids is 1. The topological polar surface area (TPSA) is 44.8 Å². The van der Waals surface area contributed by atoms with Gasteiger partial charge in [-0.2, -0.15) is 0 Å². The van der Waals surface area contributed by atoms with E-state index in [9.17, 15) is 4.79 Å². The Labute approximate surface area is 133 Å². The third-order valence-corrected chi connectivity index (χ3v) is 3.82. The van der Waals surface area contributed by atoms with Crippen molar-refractivity contribution >= 4 is 11.8 Å². The first-order valence-corrected chi connectivity index (χ1v) is 7.99. The minimum atomic E-state index is -0.174. The summed E-state index contributed by atoms with van der Waals surface area (Å²) < 4.78 is 5.28. The summed E-state index contributed by atoms with van der Waals surface area (Å²) in [5.74, 6) is 0.380. The molecule has 122 valence electrons. The molecule has 0 aromatic heterocycles. The maximum Gasteiger partial charge on any atom is 0.409 e. The lowest BCUT2D eigenvalue weighted by molar-refractivity contribution is 0.0676. The zero-order valence-corrected chi connectivity index (χ0v) is 13.8. The van der Waals surface area contributed by atoms with E-state index >= 15 is 0 Å². The zero-order valence-electron chi connectivity index (χ0n) is 13.8. The number of piperazine rings is 1. The Balaban J connectivity index is 1.75. The van der Waals surface area contributed by atoms with Crippen LogP contribution >= 0.6 is 0 Å². The second-order valence-corrected chi connectivity index (χ2v) is 6.18. The number of anilines is 1. The van der Waals surface area contributed by atoms with Crippen LogP contribution in [0.2, 0.25) is 0 Å². The first kappa shape index (κ1) is 16.6. The molecule has 1 aromatic rings. The molecule has 5 nitrogen and oxygen atoms in total. The molecule has 1 N–H and O–H groups in total. The van der Waals surface area contributed by atoms with Gasteiger partial charge in [0.25, 0.3) is 0 Å². The molecule has 0 spiro atoms. The minimum absolute atomic E-state index is 0.174. The average molecular weight is 305 g/mol. The number of carbonyl (C=O) groups is 1. The lowest BCUT2D eigenvalue weighted by Gasteiger charge is -2.34. The van der Waals surface area contributed by atoms with Gasteiger partial charge in [0.05, 0.1) is 6.61 Å². The summed E-state index contributed by atoms with van der Waals surface area (Å²) in [6.45, 7) is 8.79. The smallest absolute Gasteiger partial charge is 0.409 e. The van der Waals surface area contributed by atoms with Crippen molar-refractivity contribution in [3.8, 4) is 0 Å². The summed E-state index contributed by atoms with van der Waals surface area (Å²) in [7, 11) is 1.92. The van der Waals surface area contributed by atoms with Crippen LogP contribution in [0.15, 0.2) is 24.3 Å². The predicted octanol–water partition coefficient (Wildman–Crippen LogP) is 2.64. The van der Waals surface area contributed by atoms with Crippen LogP contribution in [0.3, 0.4) is 0 Å². The van der Waals surface area contributed by atoms with Gasteiger partial charge in [0.15, 0.2) is 0 Å². The van der Waals surface area contributed by atoms with E-state index in [2.05, 4.69) is 34.5 Å². The lowest BCUT2D eigenvalue weighted by Crippen LogP contribution is -2.48. The van der Waals surface area contributed by atoms with Crippen molar-refractivity contribution in [1.29, 1.82) is 0 Å². The SMILES string of the molecule is CNc1ccc(CN2CCN(C(=O)OCC(C)C)CC2)cc1. The van der Waals surface area contributed by atoms with Crippen molar-refractivity contribution < 1.29 is 9.53 Å². The highest BCUT2D eigenvalue weighted by molar-refractivity contribution is 5.67. The van der Waals surface area contributed by atoms with Crippen LogP contribution in [0.25, 0.3) is 0 Å². The van der Waals surface area contributed by atoms with Crippen LogP contribution in [-0.4, -0.2) is 55.7 Å². The molecule has 1 aliphatic rings. The first-order valence-electron chi connectivity index (χ1n) is 7.99. The standard InChI is InChI=1S/C17H27N3O2/c1-14(2)13-22-17(21)20-10-8-19(9-11-20)12-15-4-6-16(18-3)7-5-15/h4-7,14,18H,8-13H2,1-3H3. The third-order valence-electron chi connectivity index (χ3n) is 3.82. The van der Waals surface area contributed by atoms with Gasteiger partial charge in [0.2, 0.25) is 0 Å². The molecule has 1 saturated heterocycles. The molecule has 2 rings (SSSR count). The Kier molecular flexibility index (Phi) is 6.07. The van der Waals surface area contributed by atoms with E-state index in [1.54, 1.807) is 0 Å². The van der Waals surface area contributed by atoms with Crippen LogP contribution in [0.4, 0.5) is 10.5 Å². The zero-order chi connectivity index (χ0) is 15.9. The monoisotopic (exact) mass is 305 g/mol. The molecule has 1 fully saturated rings. The fourth-order valence-corrected chi connectivity index (χ4v) is 2.45. The number of nitrogens with zero attached hydrogens (tertiary/aromatic N) is 2. The molecule has 1 heterocycles. The second kappa shape index (κ2) is 8.03. The molecule has 0 atom stereocenters. The number of hydrogen-bond acceptors (Lipinski definition) is 4. The summed E-state index contributed by atoms with van der Waals surface area (Å²) in [5.41, 5.74) is 2.43. The van der Waals surface area contributed by atoms with Gasteiger partial charge >= 0.3 is 6.09 Å². The van der Waals surface area contributed by atoms with Gasteiger partial charge in [-0.1, -0.05) is 26.0 Å². The summed E-state index contributed by atoms with van der Waals surface area (Å²) in [5, 5.41) is 3.12. The summed E-state index contributed by atoms with van der Waals surface area (Å²) in [4.78, 5) is 16.1. The molecule has 0 saturated carbocycles. The predicted molar refractivity (Wildman–Crippen MR) is 89.0 cm³/mol. The van der Waals surface area contributed by atoms with Crippen molar-refractivity contribution in [1.82, 2.24) is 9.80 Å². The van der Waals surface area contributed by atoms with Crippen LogP contribution in [0, 0.1) is 5.92 Å². The lowest BCUT2D eigenvalue weighted by atomic mass is 10.2. The van der Waals surface area contributed by atoms with E-state index in [1.807, 2.05) is 25.8 Å². The van der Waals surface area contributed by atoms with Crippen LogP contribution in [0.1, 0.15) is 19.4 Å². The highest BCUT2D eigenvalue weighted by Gasteiger charge is 2.22. The average Bonchev–Trinajstić information content (AvgIpc) is 2.54. The number of rotatable bonds is 5. The number of benzene rings is 1. The highest BCUT2D eigenvalue weighted by atomic mass is 16.6. The minimum Gasteiger partial charge on any atom is -0.449 e. The van der Waals surface area contributed by atoms with Crippen molar-refractivity contribution in [3.63, 3.8) is 0 Å². The summed E-state index contributed by atoms with van der Waals surface area (Å²) in [6, 6.07) is 8.48. The molecule has 0 aliphatic carbocycles. The van der Waals surface area contributed by atoms with E-state index in [4.69, 9.17) is 4.74 Å². The van der Waals surface area contributed by atoms with E-state index in [1.165, 1.54) is 5.56 Å². The fraction of sp³-hybridized carbons (Fsp3) is 0.588. The molecule has 0 bridgehead atoms. The van der Waals surface area contributed by atoms with Crippen molar-refractivity contribution in [2.24, 2.45) is 5.92 Å². The Morgan fingerprint density at radius 2 is 1.82 bits per heavy atom. The van der Waals surface area contributed by atoms with Crippen molar-refractivity contribution in [2.45, 2.75) is 20.4 Å². The van der Waals surface area contributed by atoms with Crippen LogP contribution in [0.5, 0.6) is 0 Å². The molecule has 1 aromatic carbocycles. The number of nitrogens with one attached hydrogen (secondary N) is 1. The normalized spacial score (nSPS) is 15.9. The van der Waals surface area contributed by atoms with Crippen molar-refractivity contribution in [2.75, 3.05) is 45.2 Å². The second-order valence-electron chi connectivity index (χ2n) is 6.18. The van der Waals surface area contributed by atoms with Gasteiger partial charge in [-0.15, -0.1) is 0 Å². The molecule has 1 aliphatic heterocycles. The Bertz CT molecular complexity index is 465.